The predicted molar refractivity (Wildman–Crippen MR) is 47.8 cm³/mol. The topological polar surface area (TPSA) is 64.1 Å². The number of aryl methyl sites for hydroxylation is 1. The van der Waals surface area contributed by atoms with E-state index in [9.17, 15) is 5.11 Å². The van der Waals surface area contributed by atoms with Gasteiger partial charge in [-0.2, -0.15) is 5.10 Å². The molecule has 0 radical (unpaired) electrons. The Bertz CT molecular complexity index is 267. The number of hydrogen-bond donors (Lipinski definition) is 2. The molecule has 0 fully saturated rings. The number of nitrogen functional groups attached to an aromatic ring is 1. The largest absolute Gasteiger partial charge is 0.391 e. The van der Waals surface area contributed by atoms with E-state index < -0.39 is 6.10 Å². The van der Waals surface area contributed by atoms with Crippen molar-refractivity contribution >= 4 is 5.82 Å². The Balaban J connectivity index is 2.94. The SMILES string of the molecule is Cc1cc(N)n(C(C)C(C)O)n1. The molecule has 0 aliphatic heterocycles. The minimum absolute atomic E-state index is 0.0706. The maximum Gasteiger partial charge on any atom is 0.122 e. The van der Waals surface area contributed by atoms with Crippen LogP contribution in [0.5, 0.6) is 0 Å². The summed E-state index contributed by atoms with van der Waals surface area (Å²) in [6, 6.07) is 1.72. The molecule has 1 rings (SSSR count). The molecule has 1 aromatic rings. The van der Waals surface area contributed by atoms with E-state index in [1.54, 1.807) is 17.7 Å². The van der Waals surface area contributed by atoms with Gasteiger partial charge in [-0.1, -0.05) is 0 Å². The normalized spacial score (nSPS) is 16.0. The van der Waals surface area contributed by atoms with Crippen LogP contribution in [0.2, 0.25) is 0 Å². The van der Waals surface area contributed by atoms with Crippen molar-refractivity contribution in [2.45, 2.75) is 32.9 Å². The van der Waals surface area contributed by atoms with E-state index in [4.69, 9.17) is 5.73 Å². The van der Waals surface area contributed by atoms with Crippen LogP contribution in [-0.4, -0.2) is 21.0 Å². The maximum absolute atomic E-state index is 9.29. The van der Waals surface area contributed by atoms with E-state index in [0.29, 0.717) is 5.82 Å². The first-order valence-corrected chi connectivity index (χ1v) is 4.02. The van der Waals surface area contributed by atoms with Crippen LogP contribution in [0.15, 0.2) is 6.07 Å². The average molecular weight is 169 g/mol. The first-order chi connectivity index (χ1) is 5.52. The Morgan fingerprint density at radius 1 is 1.58 bits per heavy atom. The number of aliphatic hydroxyl groups excluding tert-OH is 1. The highest BCUT2D eigenvalue weighted by molar-refractivity contribution is 5.30. The molecule has 2 atom stereocenters. The van der Waals surface area contributed by atoms with Crippen molar-refractivity contribution in [2.24, 2.45) is 0 Å². The summed E-state index contributed by atoms with van der Waals surface area (Å²) in [5.74, 6) is 0.598. The van der Waals surface area contributed by atoms with Gasteiger partial charge in [-0.3, -0.25) is 0 Å². The van der Waals surface area contributed by atoms with Crippen LogP contribution in [0, 0.1) is 6.92 Å². The van der Waals surface area contributed by atoms with Crippen molar-refractivity contribution in [1.82, 2.24) is 9.78 Å². The first-order valence-electron chi connectivity index (χ1n) is 4.02. The van der Waals surface area contributed by atoms with E-state index in [-0.39, 0.29) is 6.04 Å². The molecule has 0 saturated heterocycles. The molecule has 4 heteroatoms. The molecular formula is C8H15N3O. The Labute approximate surface area is 72.0 Å². The highest BCUT2D eigenvalue weighted by Gasteiger charge is 2.14. The lowest BCUT2D eigenvalue weighted by molar-refractivity contribution is 0.133. The molecule has 3 N–H and O–H groups in total. The minimum Gasteiger partial charge on any atom is -0.391 e. The lowest BCUT2D eigenvalue weighted by Crippen LogP contribution is -2.20. The molecule has 0 saturated carbocycles. The zero-order chi connectivity index (χ0) is 9.30. The van der Waals surface area contributed by atoms with Crippen molar-refractivity contribution in [1.29, 1.82) is 0 Å². The standard InChI is InChI=1S/C8H15N3O/c1-5-4-8(9)11(10-5)6(2)7(3)12/h4,6-7,12H,9H2,1-3H3. The van der Waals surface area contributed by atoms with Crippen molar-refractivity contribution in [3.05, 3.63) is 11.8 Å². The number of aliphatic hydroxyl groups is 1. The van der Waals surface area contributed by atoms with E-state index in [1.165, 1.54) is 0 Å². The molecule has 1 aromatic heterocycles. The van der Waals surface area contributed by atoms with E-state index in [0.717, 1.165) is 5.69 Å². The Morgan fingerprint density at radius 3 is 2.50 bits per heavy atom. The average Bonchev–Trinajstić information content (AvgIpc) is 2.28. The van der Waals surface area contributed by atoms with Gasteiger partial charge in [0.1, 0.15) is 5.82 Å². The van der Waals surface area contributed by atoms with Gasteiger partial charge in [-0.15, -0.1) is 0 Å². The van der Waals surface area contributed by atoms with Gasteiger partial charge in [0.25, 0.3) is 0 Å². The number of rotatable bonds is 2. The smallest absolute Gasteiger partial charge is 0.122 e. The zero-order valence-electron chi connectivity index (χ0n) is 7.65. The molecule has 2 unspecified atom stereocenters. The lowest BCUT2D eigenvalue weighted by Gasteiger charge is -2.16. The van der Waals surface area contributed by atoms with Crippen LogP contribution in [-0.2, 0) is 0 Å². The number of nitrogens with zero attached hydrogens (tertiary/aromatic N) is 2. The summed E-state index contributed by atoms with van der Waals surface area (Å²) >= 11 is 0. The fraction of sp³-hybridized carbons (Fsp3) is 0.625. The lowest BCUT2D eigenvalue weighted by atomic mass is 10.2. The Hall–Kier alpha value is -1.03. The Kier molecular flexibility index (Phi) is 2.38. The van der Waals surface area contributed by atoms with Crippen LogP contribution >= 0.6 is 0 Å². The van der Waals surface area contributed by atoms with E-state index >= 15 is 0 Å². The predicted octanol–water partition coefficient (Wildman–Crippen LogP) is 0.716. The van der Waals surface area contributed by atoms with Crippen molar-refractivity contribution in [3.8, 4) is 0 Å². The molecule has 0 aromatic carbocycles. The van der Waals surface area contributed by atoms with Gasteiger partial charge in [-0.25, -0.2) is 4.68 Å². The fourth-order valence-electron chi connectivity index (χ4n) is 1.07. The summed E-state index contributed by atoms with van der Waals surface area (Å²) in [4.78, 5) is 0. The molecule has 1 heterocycles. The third-order valence-electron chi connectivity index (χ3n) is 1.97. The molecule has 0 aliphatic rings. The molecule has 0 spiro atoms. The van der Waals surface area contributed by atoms with E-state index in [2.05, 4.69) is 5.10 Å². The van der Waals surface area contributed by atoms with Crippen LogP contribution in [0.4, 0.5) is 5.82 Å². The fourth-order valence-corrected chi connectivity index (χ4v) is 1.07. The third kappa shape index (κ3) is 1.58. The summed E-state index contributed by atoms with van der Waals surface area (Å²) in [6.07, 6.45) is -0.438. The molecule has 68 valence electrons. The highest BCUT2D eigenvalue weighted by atomic mass is 16.3. The molecular weight excluding hydrogens is 154 g/mol. The van der Waals surface area contributed by atoms with Crippen LogP contribution in [0.3, 0.4) is 0 Å². The summed E-state index contributed by atoms with van der Waals surface area (Å²) in [7, 11) is 0. The molecule has 4 nitrogen and oxygen atoms in total. The quantitative estimate of drug-likeness (QED) is 0.685. The summed E-state index contributed by atoms with van der Waals surface area (Å²) in [5, 5.41) is 13.5. The number of anilines is 1. The summed E-state index contributed by atoms with van der Waals surface area (Å²) < 4.78 is 1.64. The highest BCUT2D eigenvalue weighted by Crippen LogP contribution is 2.15. The number of hydrogen-bond acceptors (Lipinski definition) is 3. The molecule has 0 amide bonds. The maximum atomic E-state index is 9.29. The van der Waals surface area contributed by atoms with E-state index in [1.807, 2.05) is 13.8 Å². The minimum atomic E-state index is -0.438. The number of nitrogens with two attached hydrogens (primary N) is 1. The van der Waals surface area contributed by atoms with Gasteiger partial charge in [0.2, 0.25) is 0 Å². The second kappa shape index (κ2) is 3.15. The van der Waals surface area contributed by atoms with Gasteiger partial charge in [0.15, 0.2) is 0 Å². The van der Waals surface area contributed by atoms with Gasteiger partial charge in [-0.05, 0) is 20.8 Å². The molecule has 0 bridgehead atoms. The van der Waals surface area contributed by atoms with Gasteiger partial charge < -0.3 is 10.8 Å². The summed E-state index contributed by atoms with van der Waals surface area (Å²) in [6.45, 7) is 5.48. The monoisotopic (exact) mass is 169 g/mol. The Morgan fingerprint density at radius 2 is 2.17 bits per heavy atom. The first kappa shape index (κ1) is 9.06. The van der Waals surface area contributed by atoms with Crippen LogP contribution < -0.4 is 5.73 Å². The van der Waals surface area contributed by atoms with Crippen molar-refractivity contribution in [3.63, 3.8) is 0 Å². The van der Waals surface area contributed by atoms with Gasteiger partial charge in [0, 0.05) is 6.07 Å². The second-order valence-corrected chi connectivity index (χ2v) is 3.14. The zero-order valence-corrected chi connectivity index (χ0v) is 7.65. The summed E-state index contributed by atoms with van der Waals surface area (Å²) in [5.41, 5.74) is 6.54. The third-order valence-corrected chi connectivity index (χ3v) is 1.97. The van der Waals surface area contributed by atoms with Crippen LogP contribution in [0.1, 0.15) is 25.6 Å². The molecule has 0 aliphatic carbocycles. The number of aromatic nitrogens is 2. The van der Waals surface area contributed by atoms with Crippen molar-refractivity contribution < 1.29 is 5.11 Å². The second-order valence-electron chi connectivity index (χ2n) is 3.14. The van der Waals surface area contributed by atoms with Gasteiger partial charge >= 0.3 is 0 Å². The molecule has 12 heavy (non-hydrogen) atoms. The van der Waals surface area contributed by atoms with Gasteiger partial charge in [0.05, 0.1) is 17.8 Å². The van der Waals surface area contributed by atoms with Crippen molar-refractivity contribution in [2.75, 3.05) is 5.73 Å². The van der Waals surface area contributed by atoms with Crippen LogP contribution in [0.25, 0.3) is 0 Å².